The predicted molar refractivity (Wildman–Crippen MR) is 130 cm³/mol. The molecule has 2 aromatic rings. The summed E-state index contributed by atoms with van der Waals surface area (Å²) in [6.45, 7) is 2.38. The van der Waals surface area contributed by atoms with Gasteiger partial charge < -0.3 is 30.1 Å². The Labute approximate surface area is 213 Å². The molecule has 1 saturated heterocycles. The van der Waals surface area contributed by atoms with E-state index in [0.717, 1.165) is 6.07 Å². The summed E-state index contributed by atoms with van der Waals surface area (Å²) in [4.78, 5) is 27.2. The van der Waals surface area contributed by atoms with E-state index in [1.54, 1.807) is 31.1 Å². The molecule has 1 heterocycles. The molecule has 1 fully saturated rings. The van der Waals surface area contributed by atoms with Gasteiger partial charge in [0.05, 0.1) is 18.2 Å². The van der Waals surface area contributed by atoms with Crippen molar-refractivity contribution in [2.75, 3.05) is 33.9 Å². The van der Waals surface area contributed by atoms with Crippen molar-refractivity contribution in [1.82, 2.24) is 15.5 Å². The molecule has 0 spiro atoms. The minimum Gasteiger partial charge on any atom is -0.457 e. The molecule has 0 bridgehead atoms. The molecule has 37 heavy (non-hydrogen) atoms. The zero-order valence-corrected chi connectivity index (χ0v) is 21.0. The van der Waals surface area contributed by atoms with Crippen LogP contribution in [0.3, 0.4) is 0 Å². The lowest BCUT2D eigenvalue weighted by molar-refractivity contribution is -0.138. The number of nitrogens with zero attached hydrogens (tertiary/aromatic N) is 1. The largest absolute Gasteiger partial charge is 0.457 e. The second kappa shape index (κ2) is 11.9. The Morgan fingerprint density at radius 2 is 1.78 bits per heavy atom. The van der Waals surface area contributed by atoms with Crippen molar-refractivity contribution in [2.24, 2.45) is 0 Å². The van der Waals surface area contributed by atoms with E-state index in [2.05, 4.69) is 10.6 Å². The van der Waals surface area contributed by atoms with Crippen molar-refractivity contribution in [3.63, 3.8) is 0 Å². The maximum atomic E-state index is 13.5. The van der Waals surface area contributed by atoms with Gasteiger partial charge in [0, 0.05) is 32.6 Å². The first-order chi connectivity index (χ1) is 17.4. The molecule has 0 saturated carbocycles. The lowest BCUT2D eigenvalue weighted by Gasteiger charge is -2.36. The van der Waals surface area contributed by atoms with Crippen LogP contribution in [0, 0.1) is 0 Å². The first kappa shape index (κ1) is 28.4. The summed E-state index contributed by atoms with van der Waals surface area (Å²) in [6, 6.07) is 9.70. The zero-order chi connectivity index (χ0) is 27.2. The molecular formula is C26H32F3N3O5. The number of alkyl halides is 3. The maximum Gasteiger partial charge on any atom is 0.419 e. The van der Waals surface area contributed by atoms with E-state index in [-0.39, 0.29) is 42.0 Å². The highest BCUT2D eigenvalue weighted by molar-refractivity contribution is 5.92. The topological polar surface area (TPSA) is 100 Å². The standard InChI is InChI=1S/C26H32F3N3O5/c1-17(33)19-6-9-22(21(14-19)26(27,28)29)37-20-7-4-18(5-8-20)15-30-24(35)25(10-12-36-13-11-25)31-23(34)16-32(2)3/h4-9,14,17,33H,10-13,15-16H2,1-3H3,(H,30,35)(H,31,34). The van der Waals surface area contributed by atoms with Crippen LogP contribution in [0.15, 0.2) is 42.5 Å². The number of benzene rings is 2. The first-order valence-electron chi connectivity index (χ1n) is 11.9. The number of aliphatic hydroxyl groups excluding tert-OH is 1. The molecule has 0 radical (unpaired) electrons. The van der Waals surface area contributed by atoms with Crippen LogP contribution in [0.2, 0.25) is 0 Å². The van der Waals surface area contributed by atoms with E-state index in [9.17, 15) is 27.9 Å². The SMILES string of the molecule is CC(O)c1ccc(Oc2ccc(CNC(=O)C3(NC(=O)CN(C)C)CCOCC3)cc2)c(C(F)(F)F)c1. The third-order valence-corrected chi connectivity index (χ3v) is 6.02. The molecule has 1 aliphatic heterocycles. The lowest BCUT2D eigenvalue weighted by Crippen LogP contribution is -2.62. The third kappa shape index (κ3) is 7.67. The van der Waals surface area contributed by atoms with Crippen LogP contribution in [0.4, 0.5) is 13.2 Å². The summed E-state index contributed by atoms with van der Waals surface area (Å²) >= 11 is 0. The van der Waals surface area contributed by atoms with Gasteiger partial charge >= 0.3 is 6.18 Å². The summed E-state index contributed by atoms with van der Waals surface area (Å²) < 4.78 is 51.4. The van der Waals surface area contributed by atoms with Crippen molar-refractivity contribution in [3.8, 4) is 11.5 Å². The van der Waals surface area contributed by atoms with Gasteiger partial charge in [-0.25, -0.2) is 0 Å². The normalized spacial score (nSPS) is 16.2. The monoisotopic (exact) mass is 523 g/mol. The molecular weight excluding hydrogens is 491 g/mol. The number of carbonyl (C=O) groups excluding carboxylic acids is 2. The molecule has 8 nitrogen and oxygen atoms in total. The number of likely N-dealkylation sites (N-methyl/N-ethyl adjacent to an activating group) is 1. The fourth-order valence-electron chi connectivity index (χ4n) is 3.99. The second-order valence-electron chi connectivity index (χ2n) is 9.34. The van der Waals surface area contributed by atoms with Crippen LogP contribution in [0.5, 0.6) is 11.5 Å². The number of ether oxygens (including phenoxy) is 2. The Hall–Kier alpha value is -3.15. The van der Waals surface area contributed by atoms with E-state index >= 15 is 0 Å². The number of aliphatic hydroxyl groups is 1. The molecule has 0 aliphatic carbocycles. The van der Waals surface area contributed by atoms with E-state index in [1.807, 2.05) is 0 Å². The van der Waals surface area contributed by atoms with Crippen LogP contribution in [-0.4, -0.2) is 61.2 Å². The molecule has 202 valence electrons. The molecule has 11 heteroatoms. The Balaban J connectivity index is 1.67. The fraction of sp³-hybridized carbons (Fsp3) is 0.462. The van der Waals surface area contributed by atoms with Gasteiger partial charge in [-0.15, -0.1) is 0 Å². The molecule has 3 N–H and O–H groups in total. The maximum absolute atomic E-state index is 13.5. The highest BCUT2D eigenvalue weighted by Gasteiger charge is 2.41. The third-order valence-electron chi connectivity index (χ3n) is 6.02. The number of amides is 2. The second-order valence-corrected chi connectivity index (χ2v) is 9.34. The van der Waals surface area contributed by atoms with Crippen LogP contribution in [0.1, 0.15) is 42.6 Å². The zero-order valence-electron chi connectivity index (χ0n) is 21.0. The van der Waals surface area contributed by atoms with Gasteiger partial charge in [-0.2, -0.15) is 13.2 Å². The van der Waals surface area contributed by atoms with E-state index in [4.69, 9.17) is 9.47 Å². The van der Waals surface area contributed by atoms with Crippen LogP contribution < -0.4 is 15.4 Å². The predicted octanol–water partition coefficient (Wildman–Crippen LogP) is 3.39. The van der Waals surface area contributed by atoms with Crippen molar-refractivity contribution in [2.45, 2.75) is 44.1 Å². The summed E-state index contributed by atoms with van der Waals surface area (Å²) in [5.41, 5.74) is -1.23. The van der Waals surface area contributed by atoms with Crippen molar-refractivity contribution in [3.05, 3.63) is 59.2 Å². The van der Waals surface area contributed by atoms with Gasteiger partial charge in [0.15, 0.2) is 0 Å². The van der Waals surface area contributed by atoms with Crippen molar-refractivity contribution in [1.29, 1.82) is 0 Å². The minimum atomic E-state index is -4.66. The highest BCUT2D eigenvalue weighted by atomic mass is 19.4. The Morgan fingerprint density at radius 1 is 1.14 bits per heavy atom. The van der Waals surface area contributed by atoms with Gasteiger partial charge in [0.2, 0.25) is 11.8 Å². The molecule has 1 aliphatic rings. The van der Waals surface area contributed by atoms with Gasteiger partial charge in [-0.3, -0.25) is 9.59 Å². The molecule has 2 aromatic carbocycles. The van der Waals surface area contributed by atoms with Gasteiger partial charge in [0.25, 0.3) is 0 Å². The van der Waals surface area contributed by atoms with Gasteiger partial charge in [-0.1, -0.05) is 18.2 Å². The number of halogens is 3. The molecule has 1 unspecified atom stereocenters. The quantitative estimate of drug-likeness (QED) is 0.466. The molecule has 0 aromatic heterocycles. The lowest BCUT2D eigenvalue weighted by atomic mass is 9.88. The van der Waals surface area contributed by atoms with Gasteiger partial charge in [0.1, 0.15) is 17.0 Å². The Kier molecular flexibility index (Phi) is 9.16. The summed E-state index contributed by atoms with van der Waals surface area (Å²) in [5.74, 6) is -0.783. The number of carbonyl (C=O) groups is 2. The van der Waals surface area contributed by atoms with Crippen LogP contribution in [0.25, 0.3) is 0 Å². The Morgan fingerprint density at radius 3 is 2.35 bits per heavy atom. The average Bonchev–Trinajstić information content (AvgIpc) is 2.82. The average molecular weight is 524 g/mol. The van der Waals surface area contributed by atoms with E-state index in [0.29, 0.717) is 31.6 Å². The Bertz CT molecular complexity index is 1080. The molecule has 3 rings (SSSR count). The molecule has 2 amide bonds. The van der Waals surface area contributed by atoms with Gasteiger partial charge in [-0.05, 0) is 56.4 Å². The van der Waals surface area contributed by atoms with Crippen LogP contribution >= 0.6 is 0 Å². The van der Waals surface area contributed by atoms with Crippen molar-refractivity contribution < 1.29 is 37.3 Å². The fourth-order valence-corrected chi connectivity index (χ4v) is 3.99. The van der Waals surface area contributed by atoms with Crippen LogP contribution in [-0.2, 0) is 27.0 Å². The number of hydrogen-bond donors (Lipinski definition) is 3. The minimum absolute atomic E-state index is 0.131. The number of hydrogen-bond acceptors (Lipinski definition) is 6. The number of nitrogens with one attached hydrogen (secondary N) is 2. The van der Waals surface area contributed by atoms with E-state index < -0.39 is 23.4 Å². The van der Waals surface area contributed by atoms with Crippen molar-refractivity contribution >= 4 is 11.8 Å². The summed E-state index contributed by atoms with van der Waals surface area (Å²) in [6.07, 6.45) is -5.02. The number of rotatable bonds is 9. The van der Waals surface area contributed by atoms with E-state index in [1.165, 1.54) is 31.2 Å². The molecule has 1 atom stereocenters. The first-order valence-corrected chi connectivity index (χ1v) is 11.9. The highest BCUT2D eigenvalue weighted by Crippen LogP contribution is 2.39. The summed E-state index contributed by atoms with van der Waals surface area (Å²) in [7, 11) is 3.52. The smallest absolute Gasteiger partial charge is 0.419 e. The summed E-state index contributed by atoms with van der Waals surface area (Å²) in [5, 5.41) is 15.3.